The number of hydrogen-bond acceptors (Lipinski definition) is 6. The highest BCUT2D eigenvalue weighted by Gasteiger charge is 2.13. The Morgan fingerprint density at radius 1 is 1.19 bits per heavy atom. The minimum atomic E-state index is -0.391. The molecule has 0 aliphatic heterocycles. The van der Waals surface area contributed by atoms with Gasteiger partial charge in [-0.2, -0.15) is 4.68 Å². The summed E-state index contributed by atoms with van der Waals surface area (Å²) in [5, 5.41) is 14.0. The Labute approximate surface area is 157 Å². The van der Waals surface area contributed by atoms with Crippen molar-refractivity contribution in [3.05, 3.63) is 75.1 Å². The van der Waals surface area contributed by atoms with E-state index in [2.05, 4.69) is 15.5 Å². The summed E-state index contributed by atoms with van der Waals surface area (Å²) in [4.78, 5) is 11.9. The van der Waals surface area contributed by atoms with Crippen molar-refractivity contribution in [1.82, 2.24) is 20.2 Å². The molecule has 0 aliphatic rings. The van der Waals surface area contributed by atoms with Crippen LogP contribution >= 0.6 is 23.4 Å². The molecule has 2 aromatic carbocycles. The molecule has 0 saturated heterocycles. The standard InChI is InChI=1S/C18H13ClN4O2S/c1-11-7-16-14(9-15(11)19)12(8-17(24)25-16)10-26-18-20-21-22-23(18)13-5-3-2-4-6-13/h2-9H,10H2,1H3. The number of rotatable bonds is 4. The molecule has 2 heterocycles. The molecule has 0 N–H and O–H groups in total. The van der Waals surface area contributed by atoms with Crippen LogP contribution < -0.4 is 5.63 Å². The van der Waals surface area contributed by atoms with E-state index in [4.69, 9.17) is 16.0 Å². The first-order valence-electron chi connectivity index (χ1n) is 7.81. The van der Waals surface area contributed by atoms with Crippen LogP contribution in [0.2, 0.25) is 5.02 Å². The minimum Gasteiger partial charge on any atom is -0.423 e. The molecule has 0 radical (unpaired) electrons. The Morgan fingerprint density at radius 3 is 2.81 bits per heavy atom. The second kappa shape index (κ2) is 6.93. The molecule has 0 unspecified atom stereocenters. The van der Waals surface area contributed by atoms with Gasteiger partial charge in [-0.1, -0.05) is 41.6 Å². The molecule has 0 spiro atoms. The predicted octanol–water partition coefficient (Wildman–Crippen LogP) is 4.02. The van der Waals surface area contributed by atoms with E-state index in [1.165, 1.54) is 17.8 Å². The van der Waals surface area contributed by atoms with Crippen molar-refractivity contribution in [3.8, 4) is 5.69 Å². The van der Waals surface area contributed by atoms with Gasteiger partial charge in [-0.3, -0.25) is 0 Å². The lowest BCUT2D eigenvalue weighted by Gasteiger charge is -2.07. The van der Waals surface area contributed by atoms with Gasteiger partial charge in [0.15, 0.2) is 0 Å². The number of halogens is 1. The van der Waals surface area contributed by atoms with Crippen molar-refractivity contribution in [1.29, 1.82) is 0 Å². The Hall–Kier alpha value is -2.64. The summed E-state index contributed by atoms with van der Waals surface area (Å²) in [6, 6.07) is 14.7. The smallest absolute Gasteiger partial charge is 0.336 e. The lowest BCUT2D eigenvalue weighted by Crippen LogP contribution is -2.02. The molecule has 26 heavy (non-hydrogen) atoms. The number of aromatic nitrogens is 4. The maximum absolute atomic E-state index is 11.9. The minimum absolute atomic E-state index is 0.391. The summed E-state index contributed by atoms with van der Waals surface area (Å²) in [6.07, 6.45) is 0. The van der Waals surface area contributed by atoms with Crippen LogP contribution in [0.5, 0.6) is 0 Å². The molecular weight excluding hydrogens is 372 g/mol. The quantitative estimate of drug-likeness (QED) is 0.391. The van der Waals surface area contributed by atoms with Gasteiger partial charge in [0.05, 0.1) is 5.69 Å². The lowest BCUT2D eigenvalue weighted by atomic mass is 10.1. The zero-order valence-electron chi connectivity index (χ0n) is 13.7. The van der Waals surface area contributed by atoms with E-state index >= 15 is 0 Å². The monoisotopic (exact) mass is 384 g/mol. The van der Waals surface area contributed by atoms with Gasteiger partial charge in [-0.15, -0.1) is 5.10 Å². The molecule has 0 saturated carbocycles. The maximum Gasteiger partial charge on any atom is 0.336 e. The molecule has 4 aromatic rings. The first-order valence-corrected chi connectivity index (χ1v) is 9.17. The van der Waals surface area contributed by atoms with Crippen LogP contribution in [0.15, 0.2) is 62.9 Å². The van der Waals surface area contributed by atoms with Crippen molar-refractivity contribution < 1.29 is 4.42 Å². The van der Waals surface area contributed by atoms with Gasteiger partial charge in [0.25, 0.3) is 0 Å². The van der Waals surface area contributed by atoms with E-state index in [0.717, 1.165) is 22.2 Å². The normalized spacial score (nSPS) is 11.2. The summed E-state index contributed by atoms with van der Waals surface area (Å²) in [6.45, 7) is 1.87. The number of tetrazole rings is 1. The zero-order valence-corrected chi connectivity index (χ0v) is 15.3. The molecule has 8 heteroatoms. The number of aryl methyl sites for hydroxylation is 1. The number of thioether (sulfide) groups is 1. The Kier molecular flexibility index (Phi) is 4.48. The van der Waals surface area contributed by atoms with Crippen LogP contribution in [-0.4, -0.2) is 20.2 Å². The fourth-order valence-electron chi connectivity index (χ4n) is 2.61. The van der Waals surface area contributed by atoms with Gasteiger partial charge in [0, 0.05) is 22.2 Å². The van der Waals surface area contributed by atoms with Gasteiger partial charge in [0.1, 0.15) is 5.58 Å². The van der Waals surface area contributed by atoms with Gasteiger partial charge in [-0.25, -0.2) is 4.79 Å². The van der Waals surface area contributed by atoms with Gasteiger partial charge in [0.2, 0.25) is 5.16 Å². The highest BCUT2D eigenvalue weighted by molar-refractivity contribution is 7.98. The van der Waals surface area contributed by atoms with E-state index in [0.29, 0.717) is 21.5 Å². The second-order valence-electron chi connectivity index (χ2n) is 5.69. The van der Waals surface area contributed by atoms with Crippen LogP contribution in [0.4, 0.5) is 0 Å². The molecule has 130 valence electrons. The molecule has 0 amide bonds. The van der Waals surface area contributed by atoms with Crippen LogP contribution in [0.25, 0.3) is 16.7 Å². The van der Waals surface area contributed by atoms with Crippen molar-refractivity contribution in [2.24, 2.45) is 0 Å². The third-order valence-corrected chi connectivity index (χ3v) is 5.28. The highest BCUT2D eigenvalue weighted by Crippen LogP contribution is 2.29. The topological polar surface area (TPSA) is 73.8 Å². The number of hydrogen-bond donors (Lipinski definition) is 0. The molecule has 0 aliphatic carbocycles. The van der Waals surface area contributed by atoms with Crippen molar-refractivity contribution in [2.75, 3.05) is 0 Å². The molecule has 0 fully saturated rings. The summed E-state index contributed by atoms with van der Waals surface area (Å²) in [7, 11) is 0. The number of nitrogens with zero attached hydrogens (tertiary/aromatic N) is 4. The lowest BCUT2D eigenvalue weighted by molar-refractivity contribution is 0.559. The summed E-state index contributed by atoms with van der Waals surface area (Å²) in [5.41, 5.74) is 2.69. The first-order chi connectivity index (χ1) is 12.6. The fraction of sp³-hybridized carbons (Fsp3) is 0.111. The van der Waals surface area contributed by atoms with Crippen molar-refractivity contribution >= 4 is 34.3 Å². The Morgan fingerprint density at radius 2 is 2.00 bits per heavy atom. The zero-order chi connectivity index (χ0) is 18.1. The third kappa shape index (κ3) is 3.23. The van der Waals surface area contributed by atoms with E-state index in [9.17, 15) is 4.79 Å². The Bertz CT molecular complexity index is 1140. The summed E-state index contributed by atoms with van der Waals surface area (Å²) < 4.78 is 6.96. The molecule has 0 atom stereocenters. The van der Waals surface area contributed by atoms with Crippen molar-refractivity contribution in [3.63, 3.8) is 0 Å². The third-order valence-electron chi connectivity index (χ3n) is 3.91. The van der Waals surface area contributed by atoms with E-state index in [1.807, 2.05) is 43.3 Å². The average molecular weight is 385 g/mol. The highest BCUT2D eigenvalue weighted by atomic mass is 35.5. The fourth-order valence-corrected chi connectivity index (χ4v) is 3.66. The molecule has 6 nitrogen and oxygen atoms in total. The predicted molar refractivity (Wildman–Crippen MR) is 101 cm³/mol. The SMILES string of the molecule is Cc1cc2oc(=O)cc(CSc3nnnn3-c3ccccc3)c2cc1Cl. The van der Waals surface area contributed by atoms with E-state index in [1.54, 1.807) is 10.7 Å². The van der Waals surface area contributed by atoms with E-state index < -0.39 is 5.63 Å². The number of benzene rings is 2. The number of para-hydroxylation sites is 1. The van der Waals surface area contributed by atoms with Gasteiger partial charge < -0.3 is 4.42 Å². The Balaban J connectivity index is 1.69. The molecule has 4 rings (SSSR count). The molecule has 2 aromatic heterocycles. The maximum atomic E-state index is 11.9. The van der Waals surface area contributed by atoms with Crippen LogP contribution in [-0.2, 0) is 5.75 Å². The van der Waals surface area contributed by atoms with Crippen LogP contribution in [0.1, 0.15) is 11.1 Å². The summed E-state index contributed by atoms with van der Waals surface area (Å²) in [5.74, 6) is 0.509. The first kappa shape index (κ1) is 16.8. The van der Waals surface area contributed by atoms with E-state index in [-0.39, 0.29) is 0 Å². The van der Waals surface area contributed by atoms with Crippen molar-refractivity contribution in [2.45, 2.75) is 17.8 Å². The largest absolute Gasteiger partial charge is 0.423 e. The summed E-state index contributed by atoms with van der Waals surface area (Å²) >= 11 is 7.68. The van der Waals surface area contributed by atoms with Crippen LogP contribution in [0.3, 0.4) is 0 Å². The second-order valence-corrected chi connectivity index (χ2v) is 7.04. The van der Waals surface area contributed by atoms with Gasteiger partial charge >= 0.3 is 5.63 Å². The number of fused-ring (bicyclic) bond motifs is 1. The average Bonchev–Trinajstić information content (AvgIpc) is 3.10. The molecular formula is C18H13ClN4O2S. The molecule has 0 bridgehead atoms. The van der Waals surface area contributed by atoms with Gasteiger partial charge in [-0.05, 0) is 52.7 Å². The van der Waals surface area contributed by atoms with Crippen LogP contribution in [0, 0.1) is 6.92 Å².